The third kappa shape index (κ3) is 5.70. The van der Waals surface area contributed by atoms with Crippen molar-refractivity contribution in [3.05, 3.63) is 63.4 Å². The normalized spacial score (nSPS) is 11.0. The summed E-state index contributed by atoms with van der Waals surface area (Å²) >= 11 is 18.9. The van der Waals surface area contributed by atoms with Crippen molar-refractivity contribution in [3.8, 4) is 28.3 Å². The first-order valence-electron chi connectivity index (χ1n) is 9.79. The lowest BCUT2D eigenvalue weighted by Crippen LogP contribution is -2.15. The summed E-state index contributed by atoms with van der Waals surface area (Å²) in [7, 11) is 5.29. The predicted octanol–water partition coefficient (Wildman–Crippen LogP) is 5.89. The Morgan fingerprint density at radius 2 is 1.81 bits per heavy atom. The molecule has 0 unspecified atom stereocenters. The zero-order chi connectivity index (χ0) is 23.3. The van der Waals surface area contributed by atoms with Gasteiger partial charge in [-0.15, -0.1) is 0 Å². The molecule has 9 heteroatoms. The van der Waals surface area contributed by atoms with Gasteiger partial charge in [0, 0.05) is 23.9 Å². The zero-order valence-electron chi connectivity index (χ0n) is 17.9. The fourth-order valence-corrected chi connectivity index (χ4v) is 3.76. The topological polar surface area (TPSA) is 64.5 Å². The molecule has 0 spiro atoms. The van der Waals surface area contributed by atoms with Gasteiger partial charge in [0.1, 0.15) is 5.75 Å². The Kier molecular flexibility index (Phi) is 8.32. The molecule has 0 aliphatic heterocycles. The minimum Gasteiger partial charge on any atom is -0.492 e. The third-order valence-corrected chi connectivity index (χ3v) is 5.47. The van der Waals surface area contributed by atoms with Gasteiger partial charge in [-0.25, -0.2) is 9.78 Å². The number of nitrogens with zero attached hydrogens (tertiary/aromatic N) is 3. The van der Waals surface area contributed by atoms with E-state index in [4.69, 9.17) is 44.3 Å². The van der Waals surface area contributed by atoms with Crippen molar-refractivity contribution in [2.75, 3.05) is 34.4 Å². The van der Waals surface area contributed by atoms with Crippen LogP contribution in [0.3, 0.4) is 0 Å². The third-order valence-electron chi connectivity index (χ3n) is 4.58. The van der Waals surface area contributed by atoms with Crippen LogP contribution in [0.5, 0.6) is 5.75 Å². The van der Waals surface area contributed by atoms with Crippen LogP contribution in [0, 0.1) is 0 Å². The van der Waals surface area contributed by atoms with Gasteiger partial charge in [-0.3, -0.25) is 4.98 Å². The molecule has 0 bridgehead atoms. The number of hydrogen-bond donors (Lipinski definition) is 0. The minimum atomic E-state index is -0.654. The average Bonchev–Trinajstić information content (AvgIpc) is 2.77. The van der Waals surface area contributed by atoms with Crippen molar-refractivity contribution in [1.82, 2.24) is 14.9 Å². The summed E-state index contributed by atoms with van der Waals surface area (Å²) in [5.41, 5.74) is 2.34. The highest BCUT2D eigenvalue weighted by Gasteiger charge is 2.20. The maximum Gasteiger partial charge on any atom is 0.358 e. The molecule has 0 fully saturated rings. The van der Waals surface area contributed by atoms with Crippen molar-refractivity contribution in [1.29, 1.82) is 0 Å². The van der Waals surface area contributed by atoms with E-state index in [2.05, 4.69) is 14.9 Å². The van der Waals surface area contributed by atoms with Gasteiger partial charge in [0.15, 0.2) is 5.69 Å². The lowest BCUT2D eigenvalue weighted by atomic mass is 10.0. The van der Waals surface area contributed by atoms with Gasteiger partial charge in [0.05, 0.1) is 40.2 Å². The van der Waals surface area contributed by atoms with E-state index in [9.17, 15) is 4.79 Å². The number of rotatable bonds is 8. The second-order valence-corrected chi connectivity index (χ2v) is 8.41. The minimum absolute atomic E-state index is 0.0237. The monoisotopic (exact) mass is 493 g/mol. The number of esters is 1. The van der Waals surface area contributed by atoms with E-state index in [0.717, 1.165) is 18.5 Å². The van der Waals surface area contributed by atoms with Crippen molar-refractivity contribution in [2.45, 2.75) is 6.42 Å². The highest BCUT2D eigenvalue weighted by atomic mass is 35.5. The van der Waals surface area contributed by atoms with E-state index in [-0.39, 0.29) is 15.7 Å². The smallest absolute Gasteiger partial charge is 0.358 e. The highest BCUT2D eigenvalue weighted by Crippen LogP contribution is 2.37. The molecule has 0 amide bonds. The Bertz CT molecular complexity index is 1120. The molecule has 0 aliphatic rings. The van der Waals surface area contributed by atoms with Crippen LogP contribution in [0.2, 0.25) is 15.1 Å². The number of pyridine rings is 2. The Morgan fingerprint density at radius 1 is 1.03 bits per heavy atom. The fourth-order valence-electron chi connectivity index (χ4n) is 3.05. The Morgan fingerprint density at radius 3 is 2.53 bits per heavy atom. The molecule has 0 saturated carbocycles. The molecule has 2 heterocycles. The second-order valence-electron chi connectivity index (χ2n) is 7.19. The van der Waals surface area contributed by atoms with Crippen LogP contribution in [-0.4, -0.2) is 55.2 Å². The van der Waals surface area contributed by atoms with E-state index >= 15 is 0 Å². The molecule has 0 N–H and O–H groups in total. The van der Waals surface area contributed by atoms with Gasteiger partial charge in [-0.2, -0.15) is 0 Å². The van der Waals surface area contributed by atoms with Crippen LogP contribution >= 0.6 is 34.8 Å². The zero-order valence-corrected chi connectivity index (χ0v) is 20.1. The van der Waals surface area contributed by atoms with Crippen LogP contribution < -0.4 is 4.74 Å². The summed E-state index contributed by atoms with van der Waals surface area (Å²) in [6.07, 6.45) is 2.53. The quantitative estimate of drug-likeness (QED) is 0.287. The molecule has 168 valence electrons. The SMILES string of the molecule is COC(=O)c1nc(-c2cccnc2-c2ccc(Cl)c(OCCCN(C)C)c2)c(Cl)cc1Cl. The summed E-state index contributed by atoms with van der Waals surface area (Å²) < 4.78 is 10.7. The fraction of sp³-hybridized carbons (Fsp3) is 0.261. The molecule has 6 nitrogen and oxygen atoms in total. The Balaban J connectivity index is 2.01. The van der Waals surface area contributed by atoms with Gasteiger partial charge in [-0.05, 0) is 50.8 Å². The summed E-state index contributed by atoms with van der Waals surface area (Å²) in [6.45, 7) is 1.44. The van der Waals surface area contributed by atoms with Crippen molar-refractivity contribution in [3.63, 3.8) is 0 Å². The van der Waals surface area contributed by atoms with Gasteiger partial charge >= 0.3 is 5.97 Å². The lowest BCUT2D eigenvalue weighted by molar-refractivity contribution is 0.0594. The maximum atomic E-state index is 12.1. The molecular formula is C23H22Cl3N3O3. The molecule has 32 heavy (non-hydrogen) atoms. The van der Waals surface area contributed by atoms with E-state index in [1.165, 1.54) is 13.2 Å². The van der Waals surface area contributed by atoms with Gasteiger partial charge in [0.2, 0.25) is 0 Å². The molecule has 3 rings (SSSR count). The van der Waals surface area contributed by atoms with Crippen molar-refractivity contribution < 1.29 is 14.3 Å². The van der Waals surface area contributed by atoms with Crippen LogP contribution in [-0.2, 0) is 4.74 Å². The standard InChI is InChI=1S/C23H22Cl3N3O3/c1-29(2)10-5-11-32-19-12-14(7-8-16(19)24)20-15(6-4-9-27-20)21-17(25)13-18(26)22(28-21)23(30)31-3/h4,6-9,12-13H,5,10-11H2,1-3H3. The molecular weight excluding hydrogens is 473 g/mol. The van der Waals surface area contributed by atoms with E-state index < -0.39 is 5.97 Å². The van der Waals surface area contributed by atoms with Crippen LogP contribution in [0.4, 0.5) is 0 Å². The molecule has 0 radical (unpaired) electrons. The average molecular weight is 495 g/mol. The number of carbonyl (C=O) groups excluding carboxylic acids is 1. The van der Waals surface area contributed by atoms with E-state index in [0.29, 0.717) is 34.3 Å². The first-order valence-corrected chi connectivity index (χ1v) is 10.9. The first kappa shape index (κ1) is 24.3. The maximum absolute atomic E-state index is 12.1. The van der Waals surface area contributed by atoms with Crippen LogP contribution in [0.25, 0.3) is 22.5 Å². The summed E-state index contributed by atoms with van der Waals surface area (Å²) in [5, 5.41) is 0.897. The lowest BCUT2D eigenvalue weighted by Gasteiger charge is -2.14. The molecule has 2 aromatic heterocycles. The van der Waals surface area contributed by atoms with Gasteiger partial charge < -0.3 is 14.4 Å². The molecule has 3 aromatic rings. The number of carbonyl (C=O) groups is 1. The van der Waals surface area contributed by atoms with E-state index in [1.807, 2.05) is 32.3 Å². The predicted molar refractivity (Wildman–Crippen MR) is 128 cm³/mol. The molecule has 0 atom stereocenters. The van der Waals surface area contributed by atoms with Gasteiger partial charge in [-0.1, -0.05) is 40.9 Å². The first-order chi connectivity index (χ1) is 15.3. The Hall–Kier alpha value is -2.38. The van der Waals surface area contributed by atoms with Crippen molar-refractivity contribution >= 4 is 40.8 Å². The number of benzene rings is 1. The summed E-state index contributed by atoms with van der Waals surface area (Å²) in [4.78, 5) is 23.1. The highest BCUT2D eigenvalue weighted by molar-refractivity contribution is 6.37. The molecule has 0 saturated heterocycles. The summed E-state index contributed by atoms with van der Waals surface area (Å²) in [5.74, 6) is -0.0943. The Labute approximate surface area is 202 Å². The van der Waals surface area contributed by atoms with E-state index in [1.54, 1.807) is 18.3 Å². The number of halogens is 3. The molecule has 0 aliphatic carbocycles. The number of aromatic nitrogens is 2. The number of methoxy groups -OCH3 is 1. The number of ether oxygens (including phenoxy) is 2. The van der Waals surface area contributed by atoms with Gasteiger partial charge in [0.25, 0.3) is 0 Å². The van der Waals surface area contributed by atoms with Crippen LogP contribution in [0.15, 0.2) is 42.6 Å². The second kappa shape index (κ2) is 11.0. The summed E-state index contributed by atoms with van der Waals surface area (Å²) in [6, 6.07) is 10.5. The van der Waals surface area contributed by atoms with Crippen molar-refractivity contribution in [2.24, 2.45) is 0 Å². The largest absolute Gasteiger partial charge is 0.492 e. The van der Waals surface area contributed by atoms with Crippen LogP contribution in [0.1, 0.15) is 16.9 Å². The number of hydrogen-bond acceptors (Lipinski definition) is 6. The molecule has 1 aromatic carbocycles.